The van der Waals surface area contributed by atoms with Crippen molar-refractivity contribution in [1.29, 1.82) is 0 Å². The molecule has 0 atom stereocenters. The van der Waals surface area contributed by atoms with E-state index in [0.717, 1.165) is 63.1 Å². The molecule has 0 unspecified atom stereocenters. The van der Waals surface area contributed by atoms with Gasteiger partial charge in [-0.05, 0) is 18.9 Å². The molecule has 0 bridgehead atoms. The molecule has 0 saturated carbocycles. The number of hydrogen-bond donors (Lipinski definition) is 1. The number of anilines is 2. The lowest BCUT2D eigenvalue weighted by atomic mass is 10.2. The highest BCUT2D eigenvalue weighted by molar-refractivity contribution is 5.49. The quantitative estimate of drug-likeness (QED) is 0.828. The molecule has 26 heavy (non-hydrogen) atoms. The van der Waals surface area contributed by atoms with Gasteiger partial charge >= 0.3 is 0 Å². The maximum Gasteiger partial charge on any atom is 0.227 e. The zero-order valence-corrected chi connectivity index (χ0v) is 15.9. The predicted molar refractivity (Wildman–Crippen MR) is 110 cm³/mol. The molecule has 0 spiro atoms. The second-order valence-corrected chi connectivity index (χ2v) is 6.72. The molecule has 1 fully saturated rings. The Morgan fingerprint density at radius 1 is 1.08 bits per heavy atom. The SMILES string of the molecule is CCCNc1cc(C)nc(N2CCN(C/C=C/c3ccccc3)CC2)n1. The molecule has 0 amide bonds. The second-order valence-electron chi connectivity index (χ2n) is 6.72. The Kier molecular flexibility index (Phi) is 6.61. The maximum absolute atomic E-state index is 4.69. The summed E-state index contributed by atoms with van der Waals surface area (Å²) in [5, 5.41) is 3.37. The van der Waals surface area contributed by atoms with Gasteiger partial charge in [0.1, 0.15) is 5.82 Å². The lowest BCUT2D eigenvalue weighted by Gasteiger charge is -2.34. The van der Waals surface area contributed by atoms with Gasteiger partial charge in [0, 0.05) is 51.0 Å². The summed E-state index contributed by atoms with van der Waals surface area (Å²) in [5.41, 5.74) is 2.27. The number of rotatable bonds is 7. The molecule has 1 aliphatic heterocycles. The van der Waals surface area contributed by atoms with Crippen molar-refractivity contribution in [3.05, 3.63) is 53.7 Å². The molecule has 1 aromatic heterocycles. The van der Waals surface area contributed by atoms with Gasteiger partial charge in [0.15, 0.2) is 0 Å². The van der Waals surface area contributed by atoms with E-state index in [0.29, 0.717) is 0 Å². The van der Waals surface area contributed by atoms with E-state index in [1.54, 1.807) is 0 Å². The van der Waals surface area contributed by atoms with E-state index in [-0.39, 0.29) is 0 Å². The number of piperazine rings is 1. The second kappa shape index (κ2) is 9.34. The van der Waals surface area contributed by atoms with Crippen molar-refractivity contribution in [3.63, 3.8) is 0 Å². The molecule has 2 heterocycles. The van der Waals surface area contributed by atoms with Crippen LogP contribution in [0.2, 0.25) is 0 Å². The highest BCUT2D eigenvalue weighted by atomic mass is 15.3. The van der Waals surface area contributed by atoms with Crippen molar-refractivity contribution in [1.82, 2.24) is 14.9 Å². The van der Waals surface area contributed by atoms with Crippen LogP contribution in [0.1, 0.15) is 24.6 Å². The molecule has 1 aromatic carbocycles. The summed E-state index contributed by atoms with van der Waals surface area (Å²) >= 11 is 0. The van der Waals surface area contributed by atoms with Crippen molar-refractivity contribution in [3.8, 4) is 0 Å². The fraction of sp³-hybridized carbons (Fsp3) is 0.429. The van der Waals surface area contributed by atoms with E-state index in [4.69, 9.17) is 4.98 Å². The van der Waals surface area contributed by atoms with Gasteiger partial charge < -0.3 is 10.2 Å². The van der Waals surface area contributed by atoms with Crippen LogP contribution in [0.5, 0.6) is 0 Å². The van der Waals surface area contributed by atoms with E-state index in [9.17, 15) is 0 Å². The van der Waals surface area contributed by atoms with E-state index < -0.39 is 0 Å². The highest BCUT2D eigenvalue weighted by Gasteiger charge is 2.18. The lowest BCUT2D eigenvalue weighted by Crippen LogP contribution is -2.47. The zero-order valence-electron chi connectivity index (χ0n) is 15.9. The number of nitrogens with one attached hydrogen (secondary N) is 1. The number of aromatic nitrogens is 2. The van der Waals surface area contributed by atoms with Crippen LogP contribution in [-0.2, 0) is 0 Å². The molecular formula is C21H29N5. The topological polar surface area (TPSA) is 44.3 Å². The molecule has 5 nitrogen and oxygen atoms in total. The van der Waals surface area contributed by atoms with Crippen molar-refractivity contribution in [2.75, 3.05) is 49.5 Å². The minimum Gasteiger partial charge on any atom is -0.370 e. The van der Waals surface area contributed by atoms with Gasteiger partial charge in [-0.3, -0.25) is 4.90 Å². The molecule has 0 radical (unpaired) electrons. The summed E-state index contributed by atoms with van der Waals surface area (Å²) in [6.45, 7) is 10.1. The molecule has 5 heteroatoms. The van der Waals surface area contributed by atoms with Gasteiger partial charge in [0.2, 0.25) is 5.95 Å². The molecule has 3 rings (SSSR count). The summed E-state index contributed by atoms with van der Waals surface area (Å²) in [6, 6.07) is 12.5. The van der Waals surface area contributed by atoms with Gasteiger partial charge in [0.05, 0.1) is 0 Å². The Bertz CT molecular complexity index is 706. The summed E-state index contributed by atoms with van der Waals surface area (Å²) in [5.74, 6) is 1.78. The van der Waals surface area contributed by atoms with Crippen LogP contribution in [0.3, 0.4) is 0 Å². The first-order valence-corrected chi connectivity index (χ1v) is 9.53. The first-order chi connectivity index (χ1) is 12.7. The van der Waals surface area contributed by atoms with Crippen molar-refractivity contribution in [2.45, 2.75) is 20.3 Å². The van der Waals surface area contributed by atoms with Crippen LogP contribution in [0.4, 0.5) is 11.8 Å². The standard InChI is InChI=1S/C21H29N5/c1-3-11-22-20-17-18(2)23-21(24-20)26-15-13-25(14-16-26)12-7-10-19-8-5-4-6-9-19/h4-10,17H,3,11-16H2,1-2H3,(H,22,23,24)/b10-7+. The van der Waals surface area contributed by atoms with Gasteiger partial charge in [-0.25, -0.2) is 4.98 Å². The normalized spacial score (nSPS) is 15.5. The average Bonchev–Trinajstić information content (AvgIpc) is 2.67. The zero-order chi connectivity index (χ0) is 18.2. The third-order valence-electron chi connectivity index (χ3n) is 4.53. The van der Waals surface area contributed by atoms with Crippen molar-refractivity contribution in [2.24, 2.45) is 0 Å². The van der Waals surface area contributed by atoms with Gasteiger partial charge in [-0.15, -0.1) is 0 Å². The molecule has 1 aliphatic rings. The molecule has 1 saturated heterocycles. The fourth-order valence-electron chi connectivity index (χ4n) is 3.07. The summed E-state index contributed by atoms with van der Waals surface area (Å²) in [4.78, 5) is 14.1. The smallest absolute Gasteiger partial charge is 0.227 e. The Morgan fingerprint density at radius 3 is 2.58 bits per heavy atom. The van der Waals surface area contributed by atoms with Crippen molar-refractivity contribution >= 4 is 17.8 Å². The summed E-state index contributed by atoms with van der Waals surface area (Å²) in [6.07, 6.45) is 5.54. The minimum atomic E-state index is 0.850. The Morgan fingerprint density at radius 2 is 1.85 bits per heavy atom. The number of nitrogens with zero attached hydrogens (tertiary/aromatic N) is 4. The van der Waals surface area contributed by atoms with Crippen LogP contribution < -0.4 is 10.2 Å². The van der Waals surface area contributed by atoms with Crippen LogP contribution >= 0.6 is 0 Å². The Balaban J connectivity index is 1.52. The third kappa shape index (κ3) is 5.30. The maximum atomic E-state index is 4.69. The van der Waals surface area contributed by atoms with Gasteiger partial charge in [-0.2, -0.15) is 4.98 Å². The molecular weight excluding hydrogens is 322 g/mol. The predicted octanol–water partition coefficient (Wildman–Crippen LogP) is 3.44. The molecule has 0 aliphatic carbocycles. The first-order valence-electron chi connectivity index (χ1n) is 9.53. The third-order valence-corrected chi connectivity index (χ3v) is 4.53. The van der Waals surface area contributed by atoms with Crippen LogP contribution in [0, 0.1) is 6.92 Å². The van der Waals surface area contributed by atoms with Crippen LogP contribution in [-0.4, -0.2) is 54.1 Å². The molecule has 138 valence electrons. The largest absolute Gasteiger partial charge is 0.370 e. The fourth-order valence-corrected chi connectivity index (χ4v) is 3.07. The van der Waals surface area contributed by atoms with Crippen molar-refractivity contribution < 1.29 is 0 Å². The monoisotopic (exact) mass is 351 g/mol. The first kappa shape index (κ1) is 18.4. The van der Waals surface area contributed by atoms with E-state index in [1.165, 1.54) is 5.56 Å². The van der Waals surface area contributed by atoms with Gasteiger partial charge in [-0.1, -0.05) is 49.4 Å². The van der Waals surface area contributed by atoms with E-state index in [2.05, 4.69) is 63.4 Å². The van der Waals surface area contributed by atoms with E-state index >= 15 is 0 Å². The lowest BCUT2D eigenvalue weighted by molar-refractivity contribution is 0.283. The van der Waals surface area contributed by atoms with Crippen LogP contribution in [0.15, 0.2) is 42.5 Å². The molecule has 2 aromatic rings. The van der Waals surface area contributed by atoms with Gasteiger partial charge in [0.25, 0.3) is 0 Å². The summed E-state index contributed by atoms with van der Waals surface area (Å²) in [7, 11) is 0. The molecule has 1 N–H and O–H groups in total. The highest BCUT2D eigenvalue weighted by Crippen LogP contribution is 2.16. The number of hydrogen-bond acceptors (Lipinski definition) is 5. The minimum absolute atomic E-state index is 0.850. The van der Waals surface area contributed by atoms with E-state index in [1.807, 2.05) is 19.1 Å². The summed E-state index contributed by atoms with van der Waals surface area (Å²) < 4.78 is 0. The Hall–Kier alpha value is -2.40. The average molecular weight is 351 g/mol. The van der Waals surface area contributed by atoms with Crippen LogP contribution in [0.25, 0.3) is 6.08 Å². The number of benzene rings is 1. The Labute approximate surface area is 156 Å². The number of aryl methyl sites for hydroxylation is 1.